The van der Waals surface area contributed by atoms with Crippen LogP contribution < -0.4 is 20.1 Å². The topological polar surface area (TPSA) is 73.5 Å². The van der Waals surface area contributed by atoms with Crippen LogP contribution in [0, 0.1) is 0 Å². The lowest BCUT2D eigenvalue weighted by molar-refractivity contribution is 0.396. The van der Waals surface area contributed by atoms with Crippen LogP contribution >= 0.6 is 0 Å². The lowest BCUT2D eigenvalue weighted by Crippen LogP contribution is -2.22. The number of hydrogen-bond acceptors (Lipinski definition) is 6. The average Bonchev–Trinajstić information content (AvgIpc) is 2.55. The van der Waals surface area contributed by atoms with Gasteiger partial charge in [-0.25, -0.2) is 0 Å². The third kappa shape index (κ3) is 3.82. The van der Waals surface area contributed by atoms with Gasteiger partial charge in [-0.3, -0.25) is 4.98 Å². The summed E-state index contributed by atoms with van der Waals surface area (Å²) < 4.78 is 10.4. The molecule has 0 radical (unpaired) electrons. The molecule has 1 aromatic heterocycles. The first-order valence-corrected chi connectivity index (χ1v) is 6.76. The Morgan fingerprint density at radius 2 is 2.05 bits per heavy atom. The summed E-state index contributed by atoms with van der Waals surface area (Å²) in [4.78, 5) is 10.6. The number of hydrogen-bond donors (Lipinski definition) is 1. The maximum atomic E-state index is 5.63. The summed E-state index contributed by atoms with van der Waals surface area (Å²) in [5.41, 5.74) is 6.61. The fourth-order valence-electron chi connectivity index (χ4n) is 1.97. The van der Waals surface area contributed by atoms with Gasteiger partial charge in [0.1, 0.15) is 5.75 Å². The monoisotopic (exact) mass is 288 g/mol. The van der Waals surface area contributed by atoms with Crippen LogP contribution in [0.2, 0.25) is 0 Å². The molecule has 6 nitrogen and oxygen atoms in total. The molecule has 1 heterocycles. The van der Waals surface area contributed by atoms with Gasteiger partial charge in [-0.15, -0.1) is 0 Å². The number of aromatic nitrogens is 2. The van der Waals surface area contributed by atoms with Crippen LogP contribution in [-0.4, -0.2) is 37.3 Å². The number of anilines is 2. The lowest BCUT2D eigenvalue weighted by Gasteiger charge is -2.24. The smallest absolute Gasteiger partial charge is 0.234 e. The normalized spacial score (nSPS) is 10.2. The summed E-state index contributed by atoms with van der Waals surface area (Å²) in [6.07, 6.45) is 4.13. The van der Waals surface area contributed by atoms with Gasteiger partial charge in [-0.2, -0.15) is 4.98 Å². The zero-order chi connectivity index (χ0) is 15.1. The largest absolute Gasteiger partial charge is 0.497 e. The zero-order valence-electron chi connectivity index (χ0n) is 12.3. The third-order valence-corrected chi connectivity index (χ3v) is 3.04. The maximum Gasteiger partial charge on any atom is 0.234 e. The van der Waals surface area contributed by atoms with Gasteiger partial charge in [0, 0.05) is 18.3 Å². The SMILES string of the molecule is COc1cccc(N(CCCN)c2cncc(OC)n2)c1. The van der Waals surface area contributed by atoms with Crippen LogP contribution in [0.15, 0.2) is 36.7 Å². The predicted molar refractivity (Wildman–Crippen MR) is 82.3 cm³/mol. The molecule has 2 aromatic rings. The first-order valence-electron chi connectivity index (χ1n) is 6.76. The van der Waals surface area contributed by atoms with Gasteiger partial charge in [0.15, 0.2) is 5.82 Å². The van der Waals surface area contributed by atoms with E-state index in [0.717, 1.165) is 30.2 Å². The second-order valence-electron chi connectivity index (χ2n) is 4.41. The Bertz CT molecular complexity index is 530. The molecule has 0 unspecified atom stereocenters. The van der Waals surface area contributed by atoms with Crippen LogP contribution in [-0.2, 0) is 0 Å². The van der Waals surface area contributed by atoms with Crippen LogP contribution in [0.4, 0.5) is 11.5 Å². The Labute approximate surface area is 124 Å². The second kappa shape index (κ2) is 7.44. The van der Waals surface area contributed by atoms with Gasteiger partial charge in [-0.1, -0.05) is 6.07 Å². The molecule has 2 N–H and O–H groups in total. The standard InChI is InChI=1S/C15H20N4O2/c1-20-13-6-3-5-12(9-13)19(8-4-7-16)14-10-17-11-15(18-14)21-2/h3,5-6,9-11H,4,7-8,16H2,1-2H3. The number of nitrogens with zero attached hydrogens (tertiary/aromatic N) is 3. The summed E-state index contributed by atoms with van der Waals surface area (Å²) in [7, 11) is 3.22. The van der Waals surface area contributed by atoms with Crippen molar-refractivity contribution in [3.8, 4) is 11.6 Å². The molecule has 112 valence electrons. The molecule has 0 bridgehead atoms. The fraction of sp³-hybridized carbons (Fsp3) is 0.333. The fourth-order valence-corrected chi connectivity index (χ4v) is 1.97. The zero-order valence-corrected chi connectivity index (χ0v) is 12.3. The molecule has 0 aliphatic heterocycles. The van der Waals surface area contributed by atoms with E-state index < -0.39 is 0 Å². The highest BCUT2D eigenvalue weighted by Crippen LogP contribution is 2.27. The summed E-state index contributed by atoms with van der Waals surface area (Å²) in [5.74, 6) is 1.99. The van der Waals surface area contributed by atoms with Crippen LogP contribution in [0.3, 0.4) is 0 Å². The van der Waals surface area contributed by atoms with Gasteiger partial charge in [0.05, 0.1) is 26.6 Å². The van der Waals surface area contributed by atoms with Crippen molar-refractivity contribution >= 4 is 11.5 Å². The lowest BCUT2D eigenvalue weighted by atomic mass is 10.2. The maximum absolute atomic E-state index is 5.63. The van der Waals surface area contributed by atoms with Crippen LogP contribution in [0.25, 0.3) is 0 Å². The molecule has 0 amide bonds. The van der Waals surface area contributed by atoms with E-state index in [1.54, 1.807) is 26.6 Å². The highest BCUT2D eigenvalue weighted by atomic mass is 16.5. The van der Waals surface area contributed by atoms with Crippen molar-refractivity contribution in [2.45, 2.75) is 6.42 Å². The van der Waals surface area contributed by atoms with Crippen molar-refractivity contribution in [3.05, 3.63) is 36.7 Å². The van der Waals surface area contributed by atoms with Crippen molar-refractivity contribution in [1.82, 2.24) is 9.97 Å². The number of methoxy groups -OCH3 is 2. The number of rotatable bonds is 7. The summed E-state index contributed by atoms with van der Waals surface area (Å²) in [6, 6.07) is 7.80. The van der Waals surface area contributed by atoms with Crippen LogP contribution in [0.5, 0.6) is 11.6 Å². The average molecular weight is 288 g/mol. The van der Waals surface area contributed by atoms with Crippen molar-refractivity contribution < 1.29 is 9.47 Å². The van der Waals surface area contributed by atoms with Gasteiger partial charge < -0.3 is 20.1 Å². The molecule has 0 aliphatic carbocycles. The highest BCUT2D eigenvalue weighted by Gasteiger charge is 2.12. The molecule has 21 heavy (non-hydrogen) atoms. The van der Waals surface area contributed by atoms with Gasteiger partial charge >= 0.3 is 0 Å². The molecule has 2 rings (SSSR count). The van der Waals surface area contributed by atoms with Gasteiger partial charge in [0.25, 0.3) is 0 Å². The van der Waals surface area contributed by atoms with E-state index in [9.17, 15) is 0 Å². The van der Waals surface area contributed by atoms with Gasteiger partial charge in [0.2, 0.25) is 5.88 Å². The Morgan fingerprint density at radius 1 is 1.19 bits per heavy atom. The first kappa shape index (κ1) is 15.1. The Morgan fingerprint density at radius 3 is 2.76 bits per heavy atom. The van der Waals surface area contributed by atoms with Crippen molar-refractivity contribution in [3.63, 3.8) is 0 Å². The molecule has 0 spiro atoms. The van der Waals surface area contributed by atoms with E-state index in [0.29, 0.717) is 12.4 Å². The molecule has 0 saturated heterocycles. The van der Waals surface area contributed by atoms with Crippen molar-refractivity contribution in [2.24, 2.45) is 5.73 Å². The highest BCUT2D eigenvalue weighted by molar-refractivity contribution is 5.61. The second-order valence-corrected chi connectivity index (χ2v) is 4.41. The molecule has 0 saturated carbocycles. The molecule has 0 fully saturated rings. The van der Waals surface area contributed by atoms with Crippen molar-refractivity contribution in [1.29, 1.82) is 0 Å². The van der Waals surface area contributed by atoms with E-state index in [-0.39, 0.29) is 0 Å². The van der Waals surface area contributed by atoms with Crippen LogP contribution in [0.1, 0.15) is 6.42 Å². The molecule has 0 atom stereocenters. The van der Waals surface area contributed by atoms with Gasteiger partial charge in [-0.05, 0) is 25.1 Å². The number of benzene rings is 1. The van der Waals surface area contributed by atoms with E-state index in [1.165, 1.54) is 0 Å². The Hall–Kier alpha value is -2.34. The van der Waals surface area contributed by atoms with E-state index in [4.69, 9.17) is 15.2 Å². The molecule has 0 aliphatic rings. The summed E-state index contributed by atoms with van der Waals surface area (Å²) in [5, 5.41) is 0. The first-order chi connectivity index (χ1) is 10.3. The van der Waals surface area contributed by atoms with E-state index in [2.05, 4.69) is 9.97 Å². The summed E-state index contributed by atoms with van der Waals surface area (Å²) in [6.45, 7) is 1.35. The quantitative estimate of drug-likeness (QED) is 0.840. The number of nitrogens with two attached hydrogens (primary N) is 1. The minimum Gasteiger partial charge on any atom is -0.497 e. The minimum atomic E-state index is 0.480. The Balaban J connectivity index is 2.36. The molecular weight excluding hydrogens is 268 g/mol. The van der Waals surface area contributed by atoms with Crippen molar-refractivity contribution in [2.75, 3.05) is 32.2 Å². The Kier molecular flexibility index (Phi) is 5.34. The number of ether oxygens (including phenoxy) is 2. The molecular formula is C15H20N4O2. The minimum absolute atomic E-state index is 0.480. The molecule has 1 aromatic carbocycles. The van der Waals surface area contributed by atoms with E-state index >= 15 is 0 Å². The molecule has 6 heteroatoms. The third-order valence-electron chi connectivity index (χ3n) is 3.04. The summed E-state index contributed by atoms with van der Waals surface area (Å²) >= 11 is 0. The van der Waals surface area contributed by atoms with E-state index in [1.807, 2.05) is 29.2 Å². The predicted octanol–water partition coefficient (Wildman–Crippen LogP) is 1.98.